The lowest BCUT2D eigenvalue weighted by Gasteiger charge is -2.27. The van der Waals surface area contributed by atoms with Crippen LogP contribution in [0.25, 0.3) is 0 Å². The highest BCUT2D eigenvalue weighted by atomic mass is 35.5. The van der Waals surface area contributed by atoms with Crippen LogP contribution in [0.3, 0.4) is 0 Å². The van der Waals surface area contributed by atoms with Crippen molar-refractivity contribution in [2.24, 2.45) is 5.92 Å². The van der Waals surface area contributed by atoms with Gasteiger partial charge in [0.05, 0.1) is 0 Å². The molecule has 1 aliphatic heterocycles. The zero-order valence-electron chi connectivity index (χ0n) is 11.4. The third-order valence-electron chi connectivity index (χ3n) is 2.79. The van der Waals surface area contributed by atoms with E-state index in [1.54, 1.807) is 0 Å². The molecule has 1 fully saturated rings. The van der Waals surface area contributed by atoms with Crippen molar-refractivity contribution in [3.05, 3.63) is 24.0 Å². The number of carbonyl (C=O) groups excluding carboxylic acids is 1. The van der Waals surface area contributed by atoms with Crippen LogP contribution in [0.5, 0.6) is 5.75 Å². The lowest BCUT2D eigenvalue weighted by molar-refractivity contribution is -0.153. The summed E-state index contributed by atoms with van der Waals surface area (Å²) in [6.45, 7) is 0.645. The number of carbonyl (C=O) groups is 1. The van der Waals surface area contributed by atoms with Gasteiger partial charge in [0.2, 0.25) is 0 Å². The van der Waals surface area contributed by atoms with Gasteiger partial charge >= 0.3 is 6.18 Å². The molecule has 2 heterocycles. The first kappa shape index (κ1) is 20.8. The van der Waals surface area contributed by atoms with Gasteiger partial charge in [-0.05, 0) is 12.1 Å². The van der Waals surface area contributed by atoms with Crippen LogP contribution in [-0.4, -0.2) is 43.3 Å². The SMILES string of the molecule is Cl.Cl.O=C(NCC1CNC1)c1ncccc1OCC(F)(F)F. The highest BCUT2D eigenvalue weighted by Gasteiger charge is 2.29. The molecule has 1 aliphatic rings. The smallest absolute Gasteiger partial charge is 0.422 e. The third-order valence-corrected chi connectivity index (χ3v) is 2.79. The van der Waals surface area contributed by atoms with Crippen LogP contribution in [0, 0.1) is 5.92 Å². The molecule has 0 bridgehead atoms. The number of halogens is 5. The average molecular weight is 362 g/mol. The normalized spacial score (nSPS) is 14.1. The number of rotatable bonds is 5. The molecule has 0 unspecified atom stereocenters. The van der Waals surface area contributed by atoms with Gasteiger partial charge in [0.1, 0.15) is 0 Å². The van der Waals surface area contributed by atoms with Crippen LogP contribution in [0.1, 0.15) is 10.5 Å². The molecule has 2 N–H and O–H groups in total. The molecule has 126 valence electrons. The predicted molar refractivity (Wildman–Crippen MR) is 79.0 cm³/mol. The van der Waals surface area contributed by atoms with E-state index in [0.717, 1.165) is 13.1 Å². The number of nitrogens with one attached hydrogen (secondary N) is 2. The van der Waals surface area contributed by atoms with Gasteiger partial charge in [-0.3, -0.25) is 4.79 Å². The van der Waals surface area contributed by atoms with E-state index >= 15 is 0 Å². The molecule has 0 radical (unpaired) electrons. The number of aromatic nitrogens is 1. The molecule has 1 aromatic heterocycles. The lowest BCUT2D eigenvalue weighted by Crippen LogP contribution is -2.48. The standard InChI is InChI=1S/C12H14F3N3O2.2ClH/c13-12(14,15)7-20-9-2-1-3-17-10(9)11(19)18-6-8-4-16-5-8;;/h1-3,8,16H,4-7H2,(H,18,19);2*1H. The van der Waals surface area contributed by atoms with Crippen molar-refractivity contribution < 1.29 is 22.7 Å². The summed E-state index contributed by atoms with van der Waals surface area (Å²) >= 11 is 0. The number of hydrogen-bond donors (Lipinski definition) is 2. The molecule has 1 amide bonds. The van der Waals surface area contributed by atoms with E-state index in [9.17, 15) is 18.0 Å². The Bertz CT molecular complexity index is 485. The average Bonchev–Trinajstić information content (AvgIpc) is 2.34. The molecule has 1 saturated heterocycles. The highest BCUT2D eigenvalue weighted by Crippen LogP contribution is 2.20. The van der Waals surface area contributed by atoms with Crippen LogP contribution >= 0.6 is 24.8 Å². The molecule has 1 aromatic rings. The Hall–Kier alpha value is -1.25. The molecule has 0 aromatic carbocycles. The summed E-state index contributed by atoms with van der Waals surface area (Å²) in [5.41, 5.74) is -0.135. The second kappa shape index (κ2) is 9.02. The van der Waals surface area contributed by atoms with Crippen molar-refractivity contribution in [2.45, 2.75) is 6.18 Å². The zero-order valence-corrected chi connectivity index (χ0v) is 13.0. The van der Waals surface area contributed by atoms with Gasteiger partial charge in [0.25, 0.3) is 5.91 Å². The summed E-state index contributed by atoms with van der Waals surface area (Å²) in [4.78, 5) is 15.7. The topological polar surface area (TPSA) is 63.2 Å². The summed E-state index contributed by atoms with van der Waals surface area (Å²) in [7, 11) is 0. The fourth-order valence-electron chi connectivity index (χ4n) is 1.65. The van der Waals surface area contributed by atoms with E-state index in [-0.39, 0.29) is 36.3 Å². The number of nitrogens with zero attached hydrogens (tertiary/aromatic N) is 1. The van der Waals surface area contributed by atoms with Gasteiger partial charge in [0, 0.05) is 31.7 Å². The zero-order chi connectivity index (χ0) is 14.6. The van der Waals surface area contributed by atoms with Crippen LogP contribution < -0.4 is 15.4 Å². The summed E-state index contributed by atoms with van der Waals surface area (Å²) in [6.07, 6.45) is -3.12. The number of pyridine rings is 1. The van der Waals surface area contributed by atoms with Gasteiger partial charge in [0.15, 0.2) is 18.1 Å². The van der Waals surface area contributed by atoms with E-state index in [1.165, 1.54) is 18.3 Å². The Morgan fingerprint density at radius 2 is 2.09 bits per heavy atom. The van der Waals surface area contributed by atoms with Gasteiger partial charge in [-0.2, -0.15) is 13.2 Å². The number of ether oxygens (including phenoxy) is 1. The van der Waals surface area contributed by atoms with Crippen LogP contribution in [0.4, 0.5) is 13.2 Å². The van der Waals surface area contributed by atoms with Crippen LogP contribution in [0.15, 0.2) is 18.3 Å². The van der Waals surface area contributed by atoms with Crippen molar-refractivity contribution in [3.8, 4) is 5.75 Å². The maximum Gasteiger partial charge on any atom is 0.422 e. The summed E-state index contributed by atoms with van der Waals surface area (Å²) in [6, 6.07) is 2.71. The Morgan fingerprint density at radius 3 is 2.64 bits per heavy atom. The van der Waals surface area contributed by atoms with E-state index in [2.05, 4.69) is 20.4 Å². The maximum atomic E-state index is 12.1. The monoisotopic (exact) mass is 361 g/mol. The molecular weight excluding hydrogens is 346 g/mol. The molecular formula is C12H16Cl2F3N3O2. The quantitative estimate of drug-likeness (QED) is 0.839. The first-order valence-electron chi connectivity index (χ1n) is 6.09. The second-order valence-electron chi connectivity index (χ2n) is 4.49. The molecule has 0 atom stereocenters. The minimum atomic E-state index is -4.46. The third kappa shape index (κ3) is 6.25. The summed E-state index contributed by atoms with van der Waals surface area (Å²) in [5, 5.41) is 5.69. The molecule has 0 aliphatic carbocycles. The second-order valence-corrected chi connectivity index (χ2v) is 4.49. The Morgan fingerprint density at radius 1 is 1.41 bits per heavy atom. The van der Waals surface area contributed by atoms with E-state index in [1.807, 2.05) is 0 Å². The Labute approximate surface area is 137 Å². The largest absolute Gasteiger partial charge is 0.482 e. The molecule has 0 saturated carbocycles. The summed E-state index contributed by atoms with van der Waals surface area (Å²) in [5.74, 6) is -0.356. The minimum Gasteiger partial charge on any atom is -0.482 e. The number of amides is 1. The lowest BCUT2D eigenvalue weighted by atomic mass is 10.0. The molecule has 0 spiro atoms. The predicted octanol–water partition coefficient (Wildman–Crippen LogP) is 1.82. The van der Waals surface area contributed by atoms with Crippen molar-refractivity contribution in [1.29, 1.82) is 0 Å². The van der Waals surface area contributed by atoms with E-state index in [4.69, 9.17) is 0 Å². The van der Waals surface area contributed by atoms with E-state index in [0.29, 0.717) is 12.5 Å². The van der Waals surface area contributed by atoms with E-state index < -0.39 is 18.7 Å². The first-order valence-corrected chi connectivity index (χ1v) is 6.09. The fraction of sp³-hybridized carbons (Fsp3) is 0.500. The Balaban J connectivity index is 0.00000220. The molecule has 10 heteroatoms. The molecule has 22 heavy (non-hydrogen) atoms. The van der Waals surface area contributed by atoms with Gasteiger partial charge in [-0.25, -0.2) is 4.98 Å². The number of alkyl halides is 3. The van der Waals surface area contributed by atoms with Crippen LogP contribution in [-0.2, 0) is 0 Å². The van der Waals surface area contributed by atoms with Crippen molar-refractivity contribution in [3.63, 3.8) is 0 Å². The first-order chi connectivity index (χ1) is 9.46. The maximum absolute atomic E-state index is 12.1. The minimum absolute atomic E-state index is 0. The van der Waals surface area contributed by atoms with Crippen molar-refractivity contribution in [2.75, 3.05) is 26.2 Å². The Kier molecular flexibility index (Phi) is 8.50. The van der Waals surface area contributed by atoms with Gasteiger partial charge in [-0.15, -0.1) is 24.8 Å². The van der Waals surface area contributed by atoms with Crippen molar-refractivity contribution in [1.82, 2.24) is 15.6 Å². The fourth-order valence-corrected chi connectivity index (χ4v) is 1.65. The number of hydrogen-bond acceptors (Lipinski definition) is 4. The molecule has 2 rings (SSSR count). The van der Waals surface area contributed by atoms with Gasteiger partial charge < -0.3 is 15.4 Å². The van der Waals surface area contributed by atoms with Gasteiger partial charge in [-0.1, -0.05) is 0 Å². The van der Waals surface area contributed by atoms with Crippen LogP contribution in [0.2, 0.25) is 0 Å². The van der Waals surface area contributed by atoms with Crippen molar-refractivity contribution >= 4 is 30.7 Å². The highest BCUT2D eigenvalue weighted by molar-refractivity contribution is 5.94. The molecule has 5 nitrogen and oxygen atoms in total. The summed E-state index contributed by atoms with van der Waals surface area (Å²) < 4.78 is 41.0.